The summed E-state index contributed by atoms with van der Waals surface area (Å²) in [6.45, 7) is 5.24. The van der Waals surface area contributed by atoms with Crippen LogP contribution in [0.3, 0.4) is 0 Å². The van der Waals surface area contributed by atoms with E-state index in [0.29, 0.717) is 12.1 Å². The number of H-pyrrole nitrogens is 1. The zero-order valence-corrected chi connectivity index (χ0v) is 12.3. The lowest BCUT2D eigenvalue weighted by Crippen LogP contribution is -2.26. The van der Waals surface area contributed by atoms with E-state index in [1.165, 1.54) is 6.33 Å². The molecule has 21 heavy (non-hydrogen) atoms. The van der Waals surface area contributed by atoms with Crippen molar-refractivity contribution >= 4 is 11.6 Å². The van der Waals surface area contributed by atoms with Gasteiger partial charge in [0.25, 0.3) is 5.91 Å². The van der Waals surface area contributed by atoms with E-state index in [-0.39, 0.29) is 5.91 Å². The second-order valence-corrected chi connectivity index (χ2v) is 4.69. The SMILES string of the molecule is CCNc1cc(C)ncc1C(=O)NCCCc1ncn[nH]1. The van der Waals surface area contributed by atoms with Gasteiger partial charge in [0.15, 0.2) is 0 Å². The Morgan fingerprint density at radius 1 is 1.38 bits per heavy atom. The van der Waals surface area contributed by atoms with Crippen molar-refractivity contribution in [1.82, 2.24) is 25.5 Å². The molecule has 2 heterocycles. The zero-order chi connectivity index (χ0) is 15.1. The maximum atomic E-state index is 12.2. The predicted octanol–water partition coefficient (Wildman–Crippen LogP) is 1.30. The van der Waals surface area contributed by atoms with E-state index in [1.54, 1.807) is 6.20 Å². The molecule has 2 rings (SSSR count). The maximum absolute atomic E-state index is 12.2. The van der Waals surface area contributed by atoms with Gasteiger partial charge in [0.2, 0.25) is 0 Å². The van der Waals surface area contributed by atoms with Crippen molar-refractivity contribution < 1.29 is 4.79 Å². The molecule has 112 valence electrons. The van der Waals surface area contributed by atoms with Crippen molar-refractivity contribution in [3.8, 4) is 0 Å². The molecule has 0 aliphatic rings. The van der Waals surface area contributed by atoms with E-state index in [1.807, 2.05) is 19.9 Å². The molecule has 7 nitrogen and oxygen atoms in total. The minimum absolute atomic E-state index is 0.115. The van der Waals surface area contributed by atoms with E-state index in [9.17, 15) is 4.79 Å². The number of rotatable bonds is 7. The van der Waals surface area contributed by atoms with Crippen LogP contribution in [0.2, 0.25) is 0 Å². The molecule has 0 saturated carbocycles. The van der Waals surface area contributed by atoms with E-state index in [0.717, 1.165) is 36.6 Å². The fraction of sp³-hybridized carbons (Fsp3) is 0.429. The summed E-state index contributed by atoms with van der Waals surface area (Å²) in [5.41, 5.74) is 2.27. The highest BCUT2D eigenvalue weighted by Gasteiger charge is 2.11. The highest BCUT2D eigenvalue weighted by atomic mass is 16.1. The number of nitrogens with zero attached hydrogens (tertiary/aromatic N) is 3. The summed E-state index contributed by atoms with van der Waals surface area (Å²) in [6, 6.07) is 1.88. The van der Waals surface area contributed by atoms with Gasteiger partial charge >= 0.3 is 0 Å². The molecular formula is C14H20N6O. The number of carbonyl (C=O) groups excluding carboxylic acids is 1. The monoisotopic (exact) mass is 288 g/mol. The lowest BCUT2D eigenvalue weighted by atomic mass is 10.2. The number of hydrogen-bond acceptors (Lipinski definition) is 5. The highest BCUT2D eigenvalue weighted by molar-refractivity contribution is 5.99. The van der Waals surface area contributed by atoms with Gasteiger partial charge < -0.3 is 10.6 Å². The maximum Gasteiger partial charge on any atom is 0.254 e. The number of aryl methyl sites for hydroxylation is 2. The van der Waals surface area contributed by atoms with Crippen LogP contribution in [0.5, 0.6) is 0 Å². The largest absolute Gasteiger partial charge is 0.385 e. The van der Waals surface area contributed by atoms with Crippen LogP contribution in [0, 0.1) is 6.92 Å². The molecule has 0 fully saturated rings. The van der Waals surface area contributed by atoms with Crippen molar-refractivity contribution in [2.75, 3.05) is 18.4 Å². The Hall–Kier alpha value is -2.44. The van der Waals surface area contributed by atoms with Gasteiger partial charge in [-0.1, -0.05) is 0 Å². The predicted molar refractivity (Wildman–Crippen MR) is 80.2 cm³/mol. The van der Waals surface area contributed by atoms with Crippen LogP contribution in [-0.2, 0) is 6.42 Å². The number of hydrogen-bond donors (Lipinski definition) is 3. The molecule has 1 amide bonds. The smallest absolute Gasteiger partial charge is 0.254 e. The number of amides is 1. The fourth-order valence-corrected chi connectivity index (χ4v) is 1.98. The second kappa shape index (κ2) is 7.37. The minimum atomic E-state index is -0.115. The fourth-order valence-electron chi connectivity index (χ4n) is 1.98. The van der Waals surface area contributed by atoms with Crippen molar-refractivity contribution in [3.63, 3.8) is 0 Å². The van der Waals surface area contributed by atoms with Gasteiger partial charge in [0.05, 0.1) is 11.3 Å². The molecule has 3 N–H and O–H groups in total. The van der Waals surface area contributed by atoms with Crippen LogP contribution in [0.4, 0.5) is 5.69 Å². The van der Waals surface area contributed by atoms with Gasteiger partial charge in [-0.25, -0.2) is 4.98 Å². The van der Waals surface area contributed by atoms with Crippen molar-refractivity contribution in [1.29, 1.82) is 0 Å². The van der Waals surface area contributed by atoms with E-state index >= 15 is 0 Å². The summed E-state index contributed by atoms with van der Waals surface area (Å²) in [6.07, 6.45) is 4.65. The van der Waals surface area contributed by atoms with Crippen molar-refractivity contribution in [3.05, 3.63) is 35.7 Å². The van der Waals surface area contributed by atoms with Crippen LogP contribution >= 0.6 is 0 Å². The number of aromatic nitrogens is 4. The molecule has 0 aromatic carbocycles. The van der Waals surface area contributed by atoms with Gasteiger partial charge in [-0.15, -0.1) is 0 Å². The van der Waals surface area contributed by atoms with Gasteiger partial charge in [0.1, 0.15) is 12.2 Å². The van der Waals surface area contributed by atoms with E-state index < -0.39 is 0 Å². The summed E-state index contributed by atoms with van der Waals surface area (Å²) < 4.78 is 0. The topological polar surface area (TPSA) is 95.6 Å². The molecule has 0 unspecified atom stereocenters. The molecule has 7 heteroatoms. The van der Waals surface area contributed by atoms with Crippen LogP contribution in [-0.4, -0.2) is 39.2 Å². The average Bonchev–Trinajstić information content (AvgIpc) is 2.97. The second-order valence-electron chi connectivity index (χ2n) is 4.69. The van der Waals surface area contributed by atoms with Crippen LogP contribution in [0.15, 0.2) is 18.6 Å². The summed E-state index contributed by atoms with van der Waals surface area (Å²) in [5.74, 6) is 0.714. The normalized spacial score (nSPS) is 10.4. The Labute approximate surface area is 123 Å². The lowest BCUT2D eigenvalue weighted by Gasteiger charge is -2.11. The first-order valence-electron chi connectivity index (χ1n) is 7.03. The molecule has 0 spiro atoms. The molecule has 0 aliphatic carbocycles. The molecule has 2 aromatic heterocycles. The van der Waals surface area contributed by atoms with Gasteiger partial charge in [0, 0.05) is 31.4 Å². The van der Waals surface area contributed by atoms with Gasteiger partial charge in [-0.3, -0.25) is 14.9 Å². The van der Waals surface area contributed by atoms with E-state index in [2.05, 4.69) is 30.8 Å². The Bertz CT molecular complexity index is 581. The van der Waals surface area contributed by atoms with Crippen LogP contribution in [0.25, 0.3) is 0 Å². The van der Waals surface area contributed by atoms with Crippen molar-refractivity contribution in [2.45, 2.75) is 26.7 Å². The van der Waals surface area contributed by atoms with Gasteiger partial charge in [-0.2, -0.15) is 5.10 Å². The Balaban J connectivity index is 1.87. The number of carbonyl (C=O) groups is 1. The van der Waals surface area contributed by atoms with Crippen LogP contribution < -0.4 is 10.6 Å². The third-order valence-corrected chi connectivity index (χ3v) is 2.99. The Kier molecular flexibility index (Phi) is 5.25. The summed E-state index contributed by atoms with van der Waals surface area (Å²) in [4.78, 5) is 20.4. The standard InChI is InChI=1S/C14H20N6O/c1-3-15-12-7-10(2)17-8-11(12)14(21)16-6-4-5-13-18-9-19-20-13/h7-9H,3-6H2,1-2H3,(H,15,17)(H,16,21)(H,18,19,20). The average molecular weight is 288 g/mol. The highest BCUT2D eigenvalue weighted by Crippen LogP contribution is 2.15. The Morgan fingerprint density at radius 2 is 2.24 bits per heavy atom. The van der Waals surface area contributed by atoms with Crippen molar-refractivity contribution in [2.24, 2.45) is 0 Å². The minimum Gasteiger partial charge on any atom is -0.385 e. The summed E-state index contributed by atoms with van der Waals surface area (Å²) >= 11 is 0. The quantitative estimate of drug-likeness (QED) is 0.667. The first kappa shape index (κ1) is 15.0. The van der Waals surface area contributed by atoms with Gasteiger partial charge in [-0.05, 0) is 26.3 Å². The third kappa shape index (κ3) is 4.27. The molecule has 0 atom stereocenters. The molecule has 2 aromatic rings. The summed E-state index contributed by atoms with van der Waals surface area (Å²) in [7, 11) is 0. The molecule has 0 bridgehead atoms. The number of pyridine rings is 1. The third-order valence-electron chi connectivity index (χ3n) is 2.99. The van der Waals surface area contributed by atoms with E-state index in [4.69, 9.17) is 0 Å². The number of nitrogens with one attached hydrogen (secondary N) is 3. The Morgan fingerprint density at radius 3 is 2.95 bits per heavy atom. The molecule has 0 aliphatic heterocycles. The number of anilines is 1. The molecule has 0 saturated heterocycles. The first-order chi connectivity index (χ1) is 10.2. The molecular weight excluding hydrogens is 268 g/mol. The lowest BCUT2D eigenvalue weighted by molar-refractivity contribution is 0.0953. The molecule has 0 radical (unpaired) electrons. The van der Waals surface area contributed by atoms with Crippen LogP contribution in [0.1, 0.15) is 35.2 Å². The zero-order valence-electron chi connectivity index (χ0n) is 12.3. The number of aromatic amines is 1. The summed E-state index contributed by atoms with van der Waals surface area (Å²) in [5, 5.41) is 12.7. The first-order valence-corrected chi connectivity index (χ1v) is 7.03.